The van der Waals surface area contributed by atoms with Gasteiger partial charge < -0.3 is 5.32 Å². The normalized spacial score (nSPS) is 18.2. The van der Waals surface area contributed by atoms with Crippen molar-refractivity contribution in [2.24, 2.45) is 5.92 Å². The van der Waals surface area contributed by atoms with Crippen molar-refractivity contribution in [2.45, 2.75) is 12.8 Å². The van der Waals surface area contributed by atoms with Gasteiger partial charge in [0.2, 0.25) is 5.91 Å². The van der Waals surface area contributed by atoms with Crippen molar-refractivity contribution < 1.29 is 13.2 Å². The SMILES string of the molecule is O=C(CC1CCS(=O)(=O)C1)Nc1cccc(C#Cc2ccccc2)c1. The molecule has 0 aliphatic carbocycles. The van der Waals surface area contributed by atoms with Crippen molar-refractivity contribution in [3.63, 3.8) is 0 Å². The maximum absolute atomic E-state index is 12.1. The van der Waals surface area contributed by atoms with Crippen molar-refractivity contribution in [3.8, 4) is 11.8 Å². The van der Waals surface area contributed by atoms with Crippen LogP contribution >= 0.6 is 0 Å². The van der Waals surface area contributed by atoms with Crippen molar-refractivity contribution in [2.75, 3.05) is 16.8 Å². The van der Waals surface area contributed by atoms with Gasteiger partial charge in [0.1, 0.15) is 0 Å². The Kier molecular flexibility index (Phi) is 5.20. The Labute approximate surface area is 148 Å². The van der Waals surface area contributed by atoms with Crippen LogP contribution in [0.1, 0.15) is 24.0 Å². The molecule has 0 radical (unpaired) electrons. The fourth-order valence-electron chi connectivity index (χ4n) is 2.85. The minimum Gasteiger partial charge on any atom is -0.326 e. The third kappa shape index (κ3) is 5.20. The highest BCUT2D eigenvalue weighted by Gasteiger charge is 2.29. The van der Waals surface area contributed by atoms with Crippen molar-refractivity contribution in [1.82, 2.24) is 0 Å². The van der Waals surface area contributed by atoms with Gasteiger partial charge in [-0.05, 0) is 42.7 Å². The third-order valence-electron chi connectivity index (χ3n) is 4.07. The molecule has 2 aromatic carbocycles. The smallest absolute Gasteiger partial charge is 0.224 e. The van der Waals surface area contributed by atoms with Gasteiger partial charge in [-0.25, -0.2) is 8.42 Å². The summed E-state index contributed by atoms with van der Waals surface area (Å²) in [7, 11) is -2.95. The summed E-state index contributed by atoms with van der Waals surface area (Å²) in [5.74, 6) is 6.23. The largest absolute Gasteiger partial charge is 0.326 e. The highest BCUT2D eigenvalue weighted by Crippen LogP contribution is 2.22. The van der Waals surface area contributed by atoms with Crippen LogP contribution in [0.4, 0.5) is 5.69 Å². The van der Waals surface area contributed by atoms with Gasteiger partial charge >= 0.3 is 0 Å². The number of carbonyl (C=O) groups is 1. The van der Waals surface area contributed by atoms with E-state index in [4.69, 9.17) is 0 Å². The number of benzene rings is 2. The topological polar surface area (TPSA) is 63.2 Å². The second kappa shape index (κ2) is 7.54. The number of hydrogen-bond acceptors (Lipinski definition) is 3. The molecule has 1 aliphatic rings. The predicted molar refractivity (Wildman–Crippen MR) is 98.9 cm³/mol. The maximum atomic E-state index is 12.1. The first-order valence-electron chi connectivity index (χ1n) is 8.18. The lowest BCUT2D eigenvalue weighted by atomic mass is 10.0. The summed E-state index contributed by atoms with van der Waals surface area (Å²) in [6.07, 6.45) is 0.803. The molecule has 1 amide bonds. The molecule has 1 aliphatic heterocycles. The zero-order valence-electron chi connectivity index (χ0n) is 13.7. The number of hydrogen-bond donors (Lipinski definition) is 1. The first-order chi connectivity index (χ1) is 12.0. The van der Waals surface area contributed by atoms with Crippen LogP contribution in [-0.2, 0) is 14.6 Å². The van der Waals surface area contributed by atoms with E-state index in [1.807, 2.05) is 48.5 Å². The fraction of sp³-hybridized carbons (Fsp3) is 0.250. The second-order valence-electron chi connectivity index (χ2n) is 6.22. The fourth-order valence-corrected chi connectivity index (χ4v) is 4.71. The van der Waals surface area contributed by atoms with Crippen LogP contribution in [-0.4, -0.2) is 25.8 Å². The molecule has 1 fully saturated rings. The highest BCUT2D eigenvalue weighted by atomic mass is 32.2. The van der Waals surface area contributed by atoms with Gasteiger partial charge in [0.15, 0.2) is 9.84 Å². The lowest BCUT2D eigenvalue weighted by Crippen LogP contribution is -2.17. The molecule has 0 saturated carbocycles. The average molecular weight is 353 g/mol. The van der Waals surface area contributed by atoms with Crippen LogP contribution < -0.4 is 5.32 Å². The number of anilines is 1. The van der Waals surface area contributed by atoms with E-state index in [-0.39, 0.29) is 29.8 Å². The van der Waals surface area contributed by atoms with Crippen molar-refractivity contribution in [3.05, 3.63) is 65.7 Å². The molecular weight excluding hydrogens is 334 g/mol. The van der Waals surface area contributed by atoms with Gasteiger partial charge in [0, 0.05) is 23.2 Å². The molecule has 3 rings (SSSR count). The summed E-state index contributed by atoms with van der Waals surface area (Å²) in [5.41, 5.74) is 2.41. The summed E-state index contributed by atoms with van der Waals surface area (Å²) >= 11 is 0. The maximum Gasteiger partial charge on any atom is 0.224 e. The van der Waals surface area contributed by atoms with Crippen LogP contribution in [0.2, 0.25) is 0 Å². The summed E-state index contributed by atoms with van der Waals surface area (Å²) in [5, 5.41) is 2.83. The van der Waals surface area contributed by atoms with Gasteiger partial charge in [-0.2, -0.15) is 0 Å². The van der Waals surface area contributed by atoms with E-state index in [2.05, 4.69) is 17.2 Å². The molecule has 128 valence electrons. The zero-order valence-corrected chi connectivity index (χ0v) is 14.6. The molecule has 4 nitrogen and oxygen atoms in total. The monoisotopic (exact) mass is 353 g/mol. The van der Waals surface area contributed by atoms with E-state index in [0.29, 0.717) is 12.1 Å². The van der Waals surface area contributed by atoms with E-state index in [1.54, 1.807) is 6.07 Å². The van der Waals surface area contributed by atoms with Crippen molar-refractivity contribution in [1.29, 1.82) is 0 Å². The first kappa shape index (κ1) is 17.2. The summed E-state index contributed by atoms with van der Waals surface area (Å²) in [6, 6.07) is 17.0. The van der Waals surface area contributed by atoms with Crippen LogP contribution in [0.3, 0.4) is 0 Å². The molecule has 1 atom stereocenters. The molecule has 25 heavy (non-hydrogen) atoms. The molecule has 0 bridgehead atoms. The molecule has 1 N–H and O–H groups in total. The van der Waals surface area contributed by atoms with Gasteiger partial charge in [-0.3, -0.25) is 4.79 Å². The van der Waals surface area contributed by atoms with Crippen LogP contribution in [0.15, 0.2) is 54.6 Å². The van der Waals surface area contributed by atoms with Crippen LogP contribution in [0, 0.1) is 17.8 Å². The van der Waals surface area contributed by atoms with Crippen molar-refractivity contribution >= 4 is 21.4 Å². The summed E-state index contributed by atoms with van der Waals surface area (Å²) in [4.78, 5) is 12.1. The minimum atomic E-state index is -2.95. The molecule has 5 heteroatoms. The van der Waals surface area contributed by atoms with Gasteiger partial charge in [0.25, 0.3) is 0 Å². The molecule has 1 saturated heterocycles. The Balaban J connectivity index is 1.62. The second-order valence-corrected chi connectivity index (χ2v) is 8.45. The lowest BCUT2D eigenvalue weighted by molar-refractivity contribution is -0.116. The minimum absolute atomic E-state index is 0.0777. The predicted octanol–water partition coefficient (Wildman–Crippen LogP) is 2.85. The number of carbonyl (C=O) groups excluding carboxylic acids is 1. The summed E-state index contributed by atoms with van der Waals surface area (Å²) < 4.78 is 22.9. The molecule has 1 unspecified atom stereocenters. The van der Waals surface area contributed by atoms with E-state index < -0.39 is 9.84 Å². The van der Waals surface area contributed by atoms with Crippen LogP contribution in [0.5, 0.6) is 0 Å². The number of rotatable bonds is 3. The van der Waals surface area contributed by atoms with E-state index in [0.717, 1.165) is 11.1 Å². The Hall–Kier alpha value is -2.58. The lowest BCUT2D eigenvalue weighted by Gasteiger charge is -2.09. The van der Waals surface area contributed by atoms with E-state index in [1.165, 1.54) is 0 Å². The third-order valence-corrected chi connectivity index (χ3v) is 5.91. The van der Waals surface area contributed by atoms with E-state index >= 15 is 0 Å². The van der Waals surface area contributed by atoms with Gasteiger partial charge in [-0.15, -0.1) is 0 Å². The Morgan fingerprint density at radius 1 is 1.04 bits per heavy atom. The number of sulfone groups is 1. The molecule has 2 aromatic rings. The van der Waals surface area contributed by atoms with Crippen LogP contribution in [0.25, 0.3) is 0 Å². The Bertz CT molecular complexity index is 924. The first-order valence-corrected chi connectivity index (χ1v) is 10.00. The van der Waals surface area contributed by atoms with Gasteiger partial charge in [-0.1, -0.05) is 36.1 Å². The van der Waals surface area contributed by atoms with Gasteiger partial charge in [0.05, 0.1) is 11.5 Å². The quantitative estimate of drug-likeness (QED) is 0.863. The number of amides is 1. The molecular formula is C20H19NO3S. The molecule has 0 aromatic heterocycles. The Morgan fingerprint density at radius 2 is 1.76 bits per heavy atom. The highest BCUT2D eigenvalue weighted by molar-refractivity contribution is 7.91. The zero-order chi connectivity index (χ0) is 17.7. The number of nitrogens with one attached hydrogen (secondary N) is 1. The Morgan fingerprint density at radius 3 is 2.48 bits per heavy atom. The van der Waals surface area contributed by atoms with E-state index in [9.17, 15) is 13.2 Å². The standard InChI is InChI=1S/C20H19NO3S/c22-20(14-18-11-12-25(23,24)15-18)21-19-8-4-7-17(13-19)10-9-16-5-2-1-3-6-16/h1-8,13,18H,11-12,14-15H2,(H,21,22). The average Bonchev–Trinajstić information content (AvgIpc) is 2.92. The molecule has 1 heterocycles. The molecule has 0 spiro atoms. The summed E-state index contributed by atoms with van der Waals surface area (Å²) in [6.45, 7) is 0.